The van der Waals surface area contributed by atoms with Gasteiger partial charge in [0.1, 0.15) is 0 Å². The minimum Gasteiger partial charge on any atom is -1.00 e. The smallest absolute Gasteiger partial charge is 1.00 e. The van der Waals surface area contributed by atoms with Gasteiger partial charge in [-0.25, -0.2) is 0 Å². The van der Waals surface area contributed by atoms with E-state index in [2.05, 4.69) is 5.32 Å². The second-order valence-electron chi connectivity index (χ2n) is 2.33. The van der Waals surface area contributed by atoms with Crippen molar-refractivity contribution < 1.29 is 18.2 Å². The minimum atomic E-state index is -0.833. The van der Waals surface area contributed by atoms with Crippen LogP contribution in [0.2, 0.25) is 0 Å². The first-order valence-corrected chi connectivity index (χ1v) is 3.63. The van der Waals surface area contributed by atoms with Gasteiger partial charge in [-0.3, -0.25) is 4.79 Å². The summed E-state index contributed by atoms with van der Waals surface area (Å²) in [5, 5.41) is 10.7. The van der Waals surface area contributed by atoms with Gasteiger partial charge in [-0.2, -0.15) is 0 Å². The van der Waals surface area contributed by atoms with Crippen LogP contribution in [0.3, 0.4) is 0 Å². The van der Waals surface area contributed by atoms with Gasteiger partial charge in [0.25, 0.3) is 5.97 Å². The number of carboxylic acid groups (broad SMARTS) is 1. The van der Waals surface area contributed by atoms with E-state index in [4.69, 9.17) is 9.90 Å². The maximum absolute atomic E-state index is 9.00. The Kier molecular flexibility index (Phi) is 21.8. The van der Waals surface area contributed by atoms with Crippen LogP contribution in [0.15, 0.2) is 0 Å². The molecular formula is C7H19CaNO3. The molecule has 4 N–H and O–H groups in total. The normalized spacial score (nSPS) is 14.1. The van der Waals surface area contributed by atoms with E-state index in [1.54, 1.807) is 0 Å². The number of aliphatic carboxylic acids is 1. The molecule has 0 amide bonds. The summed E-state index contributed by atoms with van der Waals surface area (Å²) < 4.78 is 0. The van der Waals surface area contributed by atoms with Crippen LogP contribution in [-0.2, 0) is 4.79 Å². The van der Waals surface area contributed by atoms with Crippen LogP contribution in [0.1, 0.15) is 29.0 Å². The topological polar surface area (TPSA) is 80.8 Å². The number of carboxylic acids is 1. The summed E-state index contributed by atoms with van der Waals surface area (Å²) in [5.74, 6) is -0.833. The zero-order valence-electron chi connectivity index (χ0n) is 9.60. The molecule has 1 heterocycles. The average molecular weight is 205 g/mol. The summed E-state index contributed by atoms with van der Waals surface area (Å²) in [5.41, 5.74) is 0. The number of carbonyl (C=O) groups is 1. The molecule has 1 fully saturated rings. The summed E-state index contributed by atoms with van der Waals surface area (Å²) in [4.78, 5) is 9.00. The van der Waals surface area contributed by atoms with Crippen molar-refractivity contribution in [3.63, 3.8) is 0 Å². The van der Waals surface area contributed by atoms with Gasteiger partial charge < -0.3 is 18.8 Å². The zero-order chi connectivity index (χ0) is 7.82. The van der Waals surface area contributed by atoms with Crippen LogP contribution in [0.5, 0.6) is 0 Å². The molecule has 1 aliphatic rings. The van der Waals surface area contributed by atoms with E-state index < -0.39 is 5.97 Å². The van der Waals surface area contributed by atoms with E-state index in [1.165, 1.54) is 32.4 Å². The van der Waals surface area contributed by atoms with E-state index in [1.807, 2.05) is 0 Å². The van der Waals surface area contributed by atoms with Crippen molar-refractivity contribution in [2.75, 3.05) is 13.1 Å². The molecular weight excluding hydrogens is 186 g/mol. The van der Waals surface area contributed by atoms with Crippen molar-refractivity contribution in [2.45, 2.75) is 26.2 Å². The molecule has 1 rings (SSSR count). The molecule has 5 heteroatoms. The Labute approximate surface area is 106 Å². The molecule has 1 saturated heterocycles. The molecule has 0 bridgehead atoms. The molecule has 0 aromatic carbocycles. The van der Waals surface area contributed by atoms with Crippen LogP contribution >= 0.6 is 0 Å². The molecule has 12 heavy (non-hydrogen) atoms. The summed E-state index contributed by atoms with van der Waals surface area (Å²) in [6.45, 7) is 3.58. The van der Waals surface area contributed by atoms with E-state index in [9.17, 15) is 0 Å². The van der Waals surface area contributed by atoms with Gasteiger partial charge in [0.05, 0.1) is 0 Å². The molecule has 72 valence electrons. The fourth-order valence-electron chi connectivity index (χ4n) is 0.802. The molecule has 0 spiro atoms. The van der Waals surface area contributed by atoms with E-state index in [-0.39, 0.29) is 46.1 Å². The predicted octanol–water partition coefficient (Wildman–Crippen LogP) is -0.130. The molecule has 0 atom stereocenters. The van der Waals surface area contributed by atoms with Crippen molar-refractivity contribution in [3.8, 4) is 0 Å². The third kappa shape index (κ3) is 22.4. The molecule has 0 aromatic heterocycles. The van der Waals surface area contributed by atoms with Gasteiger partial charge in [-0.1, -0.05) is 6.42 Å². The number of hydrogen-bond acceptors (Lipinski definition) is 2. The van der Waals surface area contributed by atoms with E-state index in [0.29, 0.717) is 0 Å². The van der Waals surface area contributed by atoms with Crippen LogP contribution in [0, 0.1) is 0 Å². The first kappa shape index (κ1) is 18.4. The number of piperidine rings is 1. The van der Waals surface area contributed by atoms with Crippen LogP contribution in [0.25, 0.3) is 0 Å². The maximum atomic E-state index is 9.00. The van der Waals surface area contributed by atoms with Gasteiger partial charge >= 0.3 is 37.7 Å². The van der Waals surface area contributed by atoms with Gasteiger partial charge in [0.15, 0.2) is 0 Å². The van der Waals surface area contributed by atoms with Gasteiger partial charge in [-0.15, -0.1) is 0 Å². The Hall–Kier alpha value is 0.650. The zero-order valence-corrected chi connectivity index (χ0v) is 9.81. The predicted molar refractivity (Wildman–Crippen MR) is 51.6 cm³/mol. The van der Waals surface area contributed by atoms with Gasteiger partial charge in [0.2, 0.25) is 0 Å². The van der Waals surface area contributed by atoms with Crippen molar-refractivity contribution >= 4 is 43.7 Å². The first-order valence-electron chi connectivity index (χ1n) is 3.63. The van der Waals surface area contributed by atoms with Crippen molar-refractivity contribution in [3.05, 3.63) is 0 Å². The molecule has 0 aromatic rings. The summed E-state index contributed by atoms with van der Waals surface area (Å²) in [6, 6.07) is 0. The Morgan fingerprint density at radius 1 is 1.33 bits per heavy atom. The van der Waals surface area contributed by atoms with E-state index >= 15 is 0 Å². The van der Waals surface area contributed by atoms with Crippen molar-refractivity contribution in [2.24, 2.45) is 0 Å². The van der Waals surface area contributed by atoms with Crippen LogP contribution < -0.4 is 5.32 Å². The van der Waals surface area contributed by atoms with Crippen LogP contribution in [-0.4, -0.2) is 67.4 Å². The fourth-order valence-corrected chi connectivity index (χ4v) is 0.802. The minimum absolute atomic E-state index is 0. The molecule has 0 unspecified atom stereocenters. The molecule has 1 aliphatic heterocycles. The van der Waals surface area contributed by atoms with Gasteiger partial charge in [-0.05, 0) is 25.9 Å². The number of nitrogens with one attached hydrogen (secondary N) is 1. The maximum Gasteiger partial charge on any atom is 2.00 e. The second kappa shape index (κ2) is 14.2. The SMILES string of the molecule is C1CCNCC1.CC(=O)O.O.[Ca+2].[H-].[H-]. The standard InChI is InChI=1S/C5H11N.C2H4O2.Ca.H2O.2H/c1-2-4-6-5-3-1;1-2(3)4;;;;/h6H,1-5H2;1H3,(H,3,4);;1H2;;/q;;+2;;2*-1. The van der Waals surface area contributed by atoms with E-state index in [0.717, 1.165) is 6.92 Å². The third-order valence-corrected chi connectivity index (χ3v) is 1.21. The largest absolute Gasteiger partial charge is 2.00 e. The second-order valence-corrected chi connectivity index (χ2v) is 2.33. The molecule has 0 saturated carbocycles. The Morgan fingerprint density at radius 2 is 1.67 bits per heavy atom. The Morgan fingerprint density at radius 3 is 1.75 bits per heavy atom. The fraction of sp³-hybridized carbons (Fsp3) is 0.857. The number of hydrogen-bond donors (Lipinski definition) is 2. The Balaban J connectivity index is -0.0000000315. The first-order chi connectivity index (χ1) is 4.73. The van der Waals surface area contributed by atoms with Gasteiger partial charge in [0, 0.05) is 6.92 Å². The van der Waals surface area contributed by atoms with Crippen LogP contribution in [0.4, 0.5) is 0 Å². The van der Waals surface area contributed by atoms with Crippen molar-refractivity contribution in [1.29, 1.82) is 0 Å². The summed E-state index contributed by atoms with van der Waals surface area (Å²) in [7, 11) is 0. The summed E-state index contributed by atoms with van der Waals surface area (Å²) in [6.07, 6.45) is 4.22. The Bertz CT molecular complexity index is 89.4. The third-order valence-electron chi connectivity index (χ3n) is 1.21. The van der Waals surface area contributed by atoms with Crippen molar-refractivity contribution in [1.82, 2.24) is 5.32 Å². The quantitative estimate of drug-likeness (QED) is 0.541. The molecule has 4 nitrogen and oxygen atoms in total. The molecule has 0 radical (unpaired) electrons. The monoisotopic (exact) mass is 205 g/mol. The molecule has 0 aliphatic carbocycles. The number of rotatable bonds is 0. The summed E-state index contributed by atoms with van der Waals surface area (Å²) >= 11 is 0. The average Bonchev–Trinajstić information content (AvgIpc) is 1.90.